The molecule has 5 heteroatoms. The molecule has 5 nitrogen and oxygen atoms in total. The summed E-state index contributed by atoms with van der Waals surface area (Å²) in [5.41, 5.74) is 0.0658. The van der Waals surface area contributed by atoms with Crippen molar-refractivity contribution in [2.45, 2.75) is 19.8 Å². The third-order valence-corrected chi connectivity index (χ3v) is 2.41. The van der Waals surface area contributed by atoms with Crippen molar-refractivity contribution < 1.29 is 9.53 Å². The van der Waals surface area contributed by atoms with E-state index in [-0.39, 0.29) is 5.57 Å². The molecule has 1 fully saturated rings. The lowest BCUT2D eigenvalue weighted by Gasteiger charge is -2.13. The Balaban J connectivity index is 2.67. The fourth-order valence-electron chi connectivity index (χ4n) is 1.44. The third kappa shape index (κ3) is 2.89. The summed E-state index contributed by atoms with van der Waals surface area (Å²) in [6.07, 6.45) is 1.78. The summed E-state index contributed by atoms with van der Waals surface area (Å²) in [7, 11) is 1.84. The van der Waals surface area contributed by atoms with Crippen LogP contribution in [0.25, 0.3) is 0 Å². The normalized spacial score (nSPS) is 17.7. The van der Waals surface area contributed by atoms with E-state index in [2.05, 4.69) is 5.32 Å². The average Bonchev–Trinajstić information content (AvgIpc) is 2.67. The van der Waals surface area contributed by atoms with Gasteiger partial charge in [-0.15, -0.1) is 0 Å². The first-order valence-electron chi connectivity index (χ1n) is 5.47. The van der Waals surface area contributed by atoms with E-state index in [1.807, 2.05) is 24.9 Å². The van der Waals surface area contributed by atoms with Gasteiger partial charge in [-0.1, -0.05) is 13.3 Å². The van der Waals surface area contributed by atoms with E-state index in [1.165, 1.54) is 0 Å². The second-order valence-electron chi connectivity index (χ2n) is 3.67. The number of carbonyl (C=O) groups excluding carboxylic acids is 1. The van der Waals surface area contributed by atoms with Gasteiger partial charge < -0.3 is 15.0 Å². The number of nitriles is 1. The zero-order chi connectivity index (χ0) is 12.0. The first-order valence-corrected chi connectivity index (χ1v) is 5.47. The van der Waals surface area contributed by atoms with Crippen LogP contribution in [0, 0.1) is 11.3 Å². The molecule has 0 aromatic heterocycles. The number of esters is 1. The number of nitrogens with zero attached hydrogens (tertiary/aromatic N) is 2. The summed E-state index contributed by atoms with van der Waals surface area (Å²) in [5.74, 6) is 0.0381. The number of hydrogen-bond donors (Lipinski definition) is 1. The van der Waals surface area contributed by atoms with Gasteiger partial charge in [-0.2, -0.15) is 5.26 Å². The molecule has 0 radical (unpaired) electrons. The Morgan fingerprint density at radius 1 is 1.69 bits per heavy atom. The van der Waals surface area contributed by atoms with E-state index < -0.39 is 5.97 Å². The minimum absolute atomic E-state index is 0.0658. The molecule has 0 unspecified atom stereocenters. The van der Waals surface area contributed by atoms with Gasteiger partial charge in [-0.25, -0.2) is 4.79 Å². The first kappa shape index (κ1) is 12.4. The van der Waals surface area contributed by atoms with Gasteiger partial charge >= 0.3 is 5.97 Å². The second kappa shape index (κ2) is 6.01. The summed E-state index contributed by atoms with van der Waals surface area (Å²) in [6, 6.07) is 1.90. The van der Waals surface area contributed by atoms with Gasteiger partial charge in [0.15, 0.2) is 5.57 Å². The van der Waals surface area contributed by atoms with Gasteiger partial charge in [0.05, 0.1) is 6.61 Å². The SMILES string of the molecule is CCCCOC(=O)/C(C#N)=C1/NCCN1C. The summed E-state index contributed by atoms with van der Waals surface area (Å²) >= 11 is 0. The molecule has 0 aromatic rings. The smallest absolute Gasteiger partial charge is 0.352 e. The van der Waals surface area contributed by atoms with Crippen LogP contribution in [0.2, 0.25) is 0 Å². The average molecular weight is 223 g/mol. The Hall–Kier alpha value is -1.70. The topological polar surface area (TPSA) is 65.4 Å². The highest BCUT2D eigenvalue weighted by molar-refractivity contribution is 5.93. The van der Waals surface area contributed by atoms with Crippen LogP contribution in [0.4, 0.5) is 0 Å². The summed E-state index contributed by atoms with van der Waals surface area (Å²) in [5, 5.41) is 12.0. The van der Waals surface area contributed by atoms with Crippen LogP contribution in [0.3, 0.4) is 0 Å². The molecular weight excluding hydrogens is 206 g/mol. The van der Waals surface area contributed by atoms with Gasteiger partial charge in [0.1, 0.15) is 11.9 Å². The predicted molar refractivity (Wildman–Crippen MR) is 59.1 cm³/mol. The summed E-state index contributed by atoms with van der Waals surface area (Å²) in [6.45, 7) is 3.93. The molecule has 0 aromatic carbocycles. The maximum Gasteiger partial charge on any atom is 0.352 e. The molecule has 1 N–H and O–H groups in total. The van der Waals surface area contributed by atoms with Crippen LogP contribution in [-0.2, 0) is 9.53 Å². The lowest BCUT2D eigenvalue weighted by atomic mass is 10.3. The van der Waals surface area contributed by atoms with Crippen molar-refractivity contribution >= 4 is 5.97 Å². The highest BCUT2D eigenvalue weighted by Gasteiger charge is 2.22. The molecule has 0 bridgehead atoms. The van der Waals surface area contributed by atoms with Gasteiger partial charge in [-0.05, 0) is 6.42 Å². The van der Waals surface area contributed by atoms with Crippen LogP contribution in [0.1, 0.15) is 19.8 Å². The lowest BCUT2D eigenvalue weighted by Crippen LogP contribution is -2.21. The highest BCUT2D eigenvalue weighted by atomic mass is 16.5. The molecule has 1 aliphatic rings. The van der Waals surface area contributed by atoms with Crippen molar-refractivity contribution in [2.24, 2.45) is 0 Å². The standard InChI is InChI=1S/C11H17N3O2/c1-3-4-7-16-11(15)9(8-12)10-13-5-6-14(10)2/h13H,3-7H2,1-2H3/b10-9-. The number of unbranched alkanes of at least 4 members (excludes halogenated alkanes) is 1. The van der Waals surface area contributed by atoms with Crippen molar-refractivity contribution in [3.63, 3.8) is 0 Å². The Bertz CT molecular complexity index is 331. The number of likely N-dealkylation sites (N-methyl/N-ethyl adjacent to an activating group) is 1. The number of carbonyl (C=O) groups is 1. The Labute approximate surface area is 95.7 Å². The van der Waals surface area contributed by atoms with Crippen molar-refractivity contribution in [3.8, 4) is 6.07 Å². The lowest BCUT2D eigenvalue weighted by molar-refractivity contribution is -0.138. The second-order valence-corrected chi connectivity index (χ2v) is 3.67. The number of hydrogen-bond acceptors (Lipinski definition) is 5. The highest BCUT2D eigenvalue weighted by Crippen LogP contribution is 2.11. The van der Waals surface area contributed by atoms with E-state index in [9.17, 15) is 4.79 Å². The van der Waals surface area contributed by atoms with E-state index >= 15 is 0 Å². The summed E-state index contributed by atoms with van der Waals surface area (Å²) < 4.78 is 5.01. The van der Waals surface area contributed by atoms with Crippen LogP contribution in [-0.4, -0.2) is 37.6 Å². The van der Waals surface area contributed by atoms with Gasteiger partial charge in [0.2, 0.25) is 0 Å². The molecule has 0 spiro atoms. The molecule has 1 saturated heterocycles. The molecule has 1 heterocycles. The molecular formula is C11H17N3O2. The van der Waals surface area contributed by atoms with Gasteiger partial charge in [-0.3, -0.25) is 0 Å². The van der Waals surface area contributed by atoms with Crippen LogP contribution < -0.4 is 5.32 Å². The molecule has 1 aliphatic heterocycles. The van der Waals surface area contributed by atoms with Crippen LogP contribution in [0.5, 0.6) is 0 Å². The molecule has 0 atom stereocenters. The molecule has 0 amide bonds. The molecule has 16 heavy (non-hydrogen) atoms. The van der Waals surface area contributed by atoms with Crippen molar-refractivity contribution in [1.82, 2.24) is 10.2 Å². The fraction of sp³-hybridized carbons (Fsp3) is 0.636. The van der Waals surface area contributed by atoms with E-state index in [4.69, 9.17) is 10.00 Å². The molecule has 0 saturated carbocycles. The molecule has 88 valence electrons. The van der Waals surface area contributed by atoms with Gasteiger partial charge in [0, 0.05) is 20.1 Å². The Kier molecular flexibility index (Phi) is 4.65. The van der Waals surface area contributed by atoms with Crippen molar-refractivity contribution in [3.05, 3.63) is 11.4 Å². The van der Waals surface area contributed by atoms with E-state index in [1.54, 1.807) is 0 Å². The minimum atomic E-state index is -0.535. The zero-order valence-corrected chi connectivity index (χ0v) is 9.75. The molecule has 0 aliphatic carbocycles. The largest absolute Gasteiger partial charge is 0.461 e. The quantitative estimate of drug-likeness (QED) is 0.327. The van der Waals surface area contributed by atoms with Crippen LogP contribution >= 0.6 is 0 Å². The number of nitrogens with one attached hydrogen (secondary N) is 1. The van der Waals surface area contributed by atoms with Gasteiger partial charge in [0.25, 0.3) is 0 Å². The van der Waals surface area contributed by atoms with E-state index in [0.717, 1.165) is 25.9 Å². The van der Waals surface area contributed by atoms with Crippen LogP contribution in [0.15, 0.2) is 11.4 Å². The summed E-state index contributed by atoms with van der Waals surface area (Å²) in [4.78, 5) is 13.5. The minimum Gasteiger partial charge on any atom is -0.461 e. The Morgan fingerprint density at radius 2 is 2.44 bits per heavy atom. The van der Waals surface area contributed by atoms with Crippen molar-refractivity contribution in [2.75, 3.05) is 26.7 Å². The Morgan fingerprint density at radius 3 is 2.94 bits per heavy atom. The maximum absolute atomic E-state index is 11.6. The predicted octanol–water partition coefficient (Wildman–Crippen LogP) is 0.600. The maximum atomic E-state index is 11.6. The number of ether oxygens (including phenoxy) is 1. The van der Waals surface area contributed by atoms with E-state index in [0.29, 0.717) is 12.4 Å². The third-order valence-electron chi connectivity index (χ3n) is 2.41. The first-order chi connectivity index (χ1) is 7.70. The van der Waals surface area contributed by atoms with Crippen molar-refractivity contribution in [1.29, 1.82) is 5.26 Å². The monoisotopic (exact) mass is 223 g/mol. The number of rotatable bonds is 4. The molecule has 1 rings (SSSR count). The zero-order valence-electron chi connectivity index (χ0n) is 9.75. The fourth-order valence-corrected chi connectivity index (χ4v) is 1.44.